The summed E-state index contributed by atoms with van der Waals surface area (Å²) in [5.74, 6) is 1.05. The molecule has 126 valence electrons. The lowest BCUT2D eigenvalue weighted by atomic mass is 10.1. The van der Waals surface area contributed by atoms with Crippen LogP contribution in [0.3, 0.4) is 0 Å². The molecule has 5 nitrogen and oxygen atoms in total. The summed E-state index contributed by atoms with van der Waals surface area (Å²) in [5, 5.41) is 4.12. The monoisotopic (exact) mass is 342 g/mol. The van der Waals surface area contributed by atoms with E-state index >= 15 is 0 Å². The van der Waals surface area contributed by atoms with E-state index in [0.29, 0.717) is 6.04 Å². The van der Waals surface area contributed by atoms with Crippen LogP contribution in [-0.4, -0.2) is 52.2 Å². The summed E-state index contributed by atoms with van der Waals surface area (Å²) in [6, 6.07) is 10.5. The van der Waals surface area contributed by atoms with Crippen molar-refractivity contribution in [3.05, 3.63) is 48.9 Å². The summed E-state index contributed by atoms with van der Waals surface area (Å²) in [6.45, 7) is 8.29. The molecule has 24 heavy (non-hydrogen) atoms. The van der Waals surface area contributed by atoms with Gasteiger partial charge in [0, 0.05) is 11.9 Å². The number of benzene rings is 1. The Morgan fingerprint density at radius 2 is 1.88 bits per heavy atom. The Balaban J connectivity index is 1.68. The highest BCUT2D eigenvalue weighted by molar-refractivity contribution is 7.80. The Labute approximate surface area is 148 Å². The van der Waals surface area contributed by atoms with E-state index < -0.39 is 0 Å². The molecule has 1 aromatic heterocycles. The normalized spacial score (nSPS) is 16.9. The van der Waals surface area contributed by atoms with Crippen molar-refractivity contribution < 1.29 is 0 Å². The summed E-state index contributed by atoms with van der Waals surface area (Å²) >= 11 is 5.59. The van der Waals surface area contributed by atoms with Gasteiger partial charge in [0.25, 0.3) is 0 Å². The topological polar surface area (TPSA) is 41.1 Å². The van der Waals surface area contributed by atoms with Crippen molar-refractivity contribution >= 4 is 28.8 Å². The highest BCUT2D eigenvalue weighted by Gasteiger charge is 2.39. The maximum absolute atomic E-state index is 5.59. The Morgan fingerprint density at radius 3 is 2.46 bits per heavy atom. The van der Waals surface area contributed by atoms with Crippen LogP contribution >= 0.6 is 12.2 Å². The highest BCUT2D eigenvalue weighted by atomic mass is 32.1. The van der Waals surface area contributed by atoms with E-state index in [1.54, 1.807) is 12.4 Å². The molecule has 0 saturated carbocycles. The number of thiocarbonyl (C=S) groups is 1. The quantitative estimate of drug-likeness (QED) is 0.686. The van der Waals surface area contributed by atoms with Gasteiger partial charge in [-0.3, -0.25) is 9.47 Å². The molecule has 0 atom stereocenters. The van der Waals surface area contributed by atoms with Crippen LogP contribution < -0.4 is 9.80 Å². The molecule has 0 bridgehead atoms. The Bertz CT molecular complexity index is 666. The van der Waals surface area contributed by atoms with Gasteiger partial charge in [0.2, 0.25) is 5.82 Å². The van der Waals surface area contributed by atoms with Crippen molar-refractivity contribution in [3.63, 3.8) is 0 Å². The van der Waals surface area contributed by atoms with Gasteiger partial charge in [0.05, 0.1) is 25.3 Å². The molecule has 0 aliphatic carbocycles. The summed E-state index contributed by atoms with van der Waals surface area (Å²) in [5.41, 5.74) is 1.03. The van der Waals surface area contributed by atoms with E-state index in [-0.39, 0.29) is 0 Å². The molecule has 1 aliphatic heterocycles. The fourth-order valence-corrected chi connectivity index (χ4v) is 3.58. The Hall–Kier alpha value is -2.05. The van der Waals surface area contributed by atoms with E-state index in [0.717, 1.165) is 47.3 Å². The molecule has 1 aliphatic rings. The SMILES string of the molecule is CC(C)[N+]1(c2cnccn2)CCN(C(=S)Nc2ccccc2)CC1. The van der Waals surface area contributed by atoms with Gasteiger partial charge in [-0.05, 0) is 38.2 Å². The summed E-state index contributed by atoms with van der Waals surface area (Å²) in [7, 11) is 0. The smallest absolute Gasteiger partial charge is 0.246 e. The van der Waals surface area contributed by atoms with Crippen molar-refractivity contribution in [2.45, 2.75) is 19.9 Å². The Morgan fingerprint density at radius 1 is 1.17 bits per heavy atom. The second-order valence-corrected chi connectivity index (χ2v) is 6.81. The van der Waals surface area contributed by atoms with Crippen molar-refractivity contribution in [3.8, 4) is 0 Å². The zero-order valence-corrected chi connectivity index (χ0v) is 15.0. The minimum Gasteiger partial charge on any atom is -0.338 e. The zero-order valence-electron chi connectivity index (χ0n) is 14.2. The van der Waals surface area contributed by atoms with Crippen molar-refractivity contribution in [2.24, 2.45) is 0 Å². The first-order valence-electron chi connectivity index (χ1n) is 8.36. The average molecular weight is 342 g/mol. The van der Waals surface area contributed by atoms with E-state index in [1.165, 1.54) is 0 Å². The number of hydrogen-bond donors (Lipinski definition) is 1. The lowest BCUT2D eigenvalue weighted by Crippen LogP contribution is -2.65. The molecule has 2 heterocycles. The number of piperazine rings is 1. The lowest BCUT2D eigenvalue weighted by Gasteiger charge is -2.46. The number of aromatic nitrogens is 2. The molecule has 1 fully saturated rings. The third kappa shape index (κ3) is 3.39. The highest BCUT2D eigenvalue weighted by Crippen LogP contribution is 2.26. The molecule has 0 unspecified atom stereocenters. The number of anilines is 1. The van der Waals surface area contributed by atoms with Crippen LogP contribution in [0.2, 0.25) is 0 Å². The largest absolute Gasteiger partial charge is 0.338 e. The number of rotatable bonds is 3. The second-order valence-electron chi connectivity index (χ2n) is 6.42. The zero-order chi connectivity index (χ0) is 17.0. The maximum atomic E-state index is 5.59. The van der Waals surface area contributed by atoms with Gasteiger partial charge in [0.1, 0.15) is 19.3 Å². The first-order chi connectivity index (χ1) is 11.6. The molecule has 2 aromatic rings. The maximum Gasteiger partial charge on any atom is 0.246 e. The molecule has 0 spiro atoms. The standard InChI is InChI=1S/C18H23N5S/c1-15(2)23(17-14-19-8-9-20-17)12-10-22(11-13-23)18(24)21-16-6-4-3-5-7-16/h3-9,14-15H,10-13H2,1-2H3/p+1. The summed E-state index contributed by atoms with van der Waals surface area (Å²) < 4.78 is 0.859. The third-order valence-corrected chi connectivity index (χ3v) is 5.20. The molecule has 1 saturated heterocycles. The third-order valence-electron chi connectivity index (χ3n) is 4.84. The van der Waals surface area contributed by atoms with Crippen LogP contribution in [0, 0.1) is 0 Å². The number of para-hydroxylation sites is 1. The summed E-state index contributed by atoms with van der Waals surface area (Å²) in [6.07, 6.45) is 5.41. The second kappa shape index (κ2) is 7.23. The molecular formula is C18H24N5S+. The molecule has 6 heteroatoms. The molecule has 1 N–H and O–H groups in total. The summed E-state index contributed by atoms with van der Waals surface area (Å²) in [4.78, 5) is 11.1. The van der Waals surface area contributed by atoms with Crippen LogP contribution in [0.5, 0.6) is 0 Å². The van der Waals surface area contributed by atoms with Crippen LogP contribution in [0.1, 0.15) is 13.8 Å². The van der Waals surface area contributed by atoms with Gasteiger partial charge in [-0.2, -0.15) is 0 Å². The van der Waals surface area contributed by atoms with Crippen LogP contribution in [0.4, 0.5) is 11.5 Å². The van der Waals surface area contributed by atoms with Gasteiger partial charge in [-0.25, -0.2) is 4.98 Å². The predicted molar refractivity (Wildman–Crippen MR) is 103 cm³/mol. The molecular weight excluding hydrogens is 318 g/mol. The predicted octanol–water partition coefficient (Wildman–Crippen LogP) is 2.90. The van der Waals surface area contributed by atoms with Crippen LogP contribution in [0.15, 0.2) is 48.9 Å². The fourth-order valence-electron chi connectivity index (χ4n) is 3.28. The van der Waals surface area contributed by atoms with Gasteiger partial charge in [-0.15, -0.1) is 0 Å². The lowest BCUT2D eigenvalue weighted by molar-refractivity contribution is 0.148. The Kier molecular flexibility index (Phi) is 5.06. The first-order valence-corrected chi connectivity index (χ1v) is 8.77. The van der Waals surface area contributed by atoms with Crippen molar-refractivity contribution in [2.75, 3.05) is 31.5 Å². The van der Waals surface area contributed by atoms with Crippen molar-refractivity contribution in [1.29, 1.82) is 0 Å². The van der Waals surface area contributed by atoms with Gasteiger partial charge < -0.3 is 10.2 Å². The van der Waals surface area contributed by atoms with Gasteiger partial charge >= 0.3 is 0 Å². The average Bonchev–Trinajstić information content (AvgIpc) is 2.63. The van der Waals surface area contributed by atoms with E-state index in [4.69, 9.17) is 12.2 Å². The fraction of sp³-hybridized carbons (Fsp3) is 0.389. The van der Waals surface area contributed by atoms with Gasteiger partial charge in [0.15, 0.2) is 5.11 Å². The van der Waals surface area contributed by atoms with Crippen LogP contribution in [-0.2, 0) is 0 Å². The number of nitrogens with one attached hydrogen (secondary N) is 1. The van der Waals surface area contributed by atoms with E-state index in [1.807, 2.05) is 36.5 Å². The molecule has 1 aromatic carbocycles. The van der Waals surface area contributed by atoms with Crippen LogP contribution in [0.25, 0.3) is 0 Å². The number of quaternary nitrogens is 1. The molecule has 3 rings (SSSR count). The minimum atomic E-state index is 0.458. The van der Waals surface area contributed by atoms with Gasteiger partial charge in [-0.1, -0.05) is 18.2 Å². The van der Waals surface area contributed by atoms with E-state index in [2.05, 4.69) is 34.0 Å². The molecule has 0 radical (unpaired) electrons. The van der Waals surface area contributed by atoms with Crippen molar-refractivity contribution in [1.82, 2.24) is 19.4 Å². The number of nitrogens with zero attached hydrogens (tertiary/aromatic N) is 4. The first kappa shape index (κ1) is 16.8. The van der Waals surface area contributed by atoms with E-state index in [9.17, 15) is 0 Å². The molecule has 0 amide bonds. The minimum absolute atomic E-state index is 0.458. The number of hydrogen-bond acceptors (Lipinski definition) is 3.